The van der Waals surface area contributed by atoms with Gasteiger partial charge in [0.25, 0.3) is 5.91 Å². The third-order valence-corrected chi connectivity index (χ3v) is 6.14. The molecule has 3 N–H and O–H groups in total. The van der Waals surface area contributed by atoms with Gasteiger partial charge in [-0.1, -0.05) is 12.1 Å². The molecule has 0 bridgehead atoms. The number of carbonyl (C=O) groups excluding carboxylic acids is 1. The number of aromatic hydroxyl groups is 1. The van der Waals surface area contributed by atoms with Gasteiger partial charge in [-0.15, -0.1) is 0 Å². The lowest BCUT2D eigenvalue weighted by Gasteiger charge is -2.15. The summed E-state index contributed by atoms with van der Waals surface area (Å²) in [5, 5.41) is 21.6. The number of hydrogen-bond donors (Lipinski definition) is 3. The summed E-state index contributed by atoms with van der Waals surface area (Å²) in [6, 6.07) is 20.9. The normalized spacial score (nSPS) is 11.7. The van der Waals surface area contributed by atoms with Crippen molar-refractivity contribution in [2.24, 2.45) is 0 Å². The van der Waals surface area contributed by atoms with E-state index in [0.29, 0.717) is 39.1 Å². The molecule has 1 atom stereocenters. The molecular weight excluding hydrogens is 504 g/mol. The fraction of sp³-hybridized carbons (Fsp3) is 0.0667. The molecule has 1 unspecified atom stereocenters. The maximum Gasteiger partial charge on any atom is 0.326 e. The van der Waals surface area contributed by atoms with Crippen molar-refractivity contribution in [2.45, 2.75) is 12.5 Å². The van der Waals surface area contributed by atoms with Crippen LogP contribution in [-0.4, -0.2) is 38.1 Å². The van der Waals surface area contributed by atoms with E-state index in [2.05, 4.69) is 5.32 Å². The van der Waals surface area contributed by atoms with E-state index in [4.69, 9.17) is 9.97 Å². The first kappa shape index (κ1) is 25.5. The van der Waals surface area contributed by atoms with Gasteiger partial charge in [-0.2, -0.15) is 0 Å². The zero-order valence-electron chi connectivity index (χ0n) is 20.3. The minimum absolute atomic E-state index is 0.0183. The molecule has 7 nitrogen and oxygen atoms in total. The van der Waals surface area contributed by atoms with Gasteiger partial charge in [-0.05, 0) is 84.4 Å². The van der Waals surface area contributed by atoms with Crippen molar-refractivity contribution in [2.75, 3.05) is 0 Å². The van der Waals surface area contributed by atoms with Crippen LogP contribution in [0.1, 0.15) is 15.9 Å². The predicted octanol–water partition coefficient (Wildman–Crippen LogP) is 5.37. The molecule has 0 saturated carbocycles. The third-order valence-electron chi connectivity index (χ3n) is 6.14. The van der Waals surface area contributed by atoms with E-state index < -0.39 is 29.6 Å². The smallest absolute Gasteiger partial charge is 0.326 e. The summed E-state index contributed by atoms with van der Waals surface area (Å²) in [5.74, 6) is -2.60. The maximum absolute atomic E-state index is 13.6. The highest BCUT2D eigenvalue weighted by Gasteiger charge is 2.22. The number of amides is 1. The summed E-state index contributed by atoms with van der Waals surface area (Å²) in [6.45, 7) is 0. The molecule has 39 heavy (non-hydrogen) atoms. The van der Waals surface area contributed by atoms with Gasteiger partial charge in [0.05, 0.1) is 22.4 Å². The lowest BCUT2D eigenvalue weighted by molar-refractivity contribution is -0.139. The number of nitrogens with one attached hydrogen (secondary N) is 1. The number of fused-ring (bicyclic) bond motifs is 1. The Hall–Kier alpha value is -5.18. The SMILES string of the molecule is O=C(NC(Cc1ccc(O)cc1)C(=O)O)c1ccc2nc(-c3ccc(F)cc3)c(-c3ccc(F)cc3)nc2c1. The number of halogens is 2. The highest BCUT2D eigenvalue weighted by Crippen LogP contribution is 2.31. The molecule has 5 rings (SSSR count). The zero-order chi connectivity index (χ0) is 27.5. The van der Waals surface area contributed by atoms with E-state index in [1.165, 1.54) is 48.5 Å². The lowest BCUT2D eigenvalue weighted by Crippen LogP contribution is -2.42. The van der Waals surface area contributed by atoms with Gasteiger partial charge in [0.2, 0.25) is 0 Å². The Morgan fingerprint density at radius 3 is 1.82 bits per heavy atom. The zero-order valence-corrected chi connectivity index (χ0v) is 20.3. The molecule has 0 spiro atoms. The first-order chi connectivity index (χ1) is 18.8. The highest BCUT2D eigenvalue weighted by molar-refractivity contribution is 5.99. The average Bonchev–Trinajstić information content (AvgIpc) is 2.93. The number of carbonyl (C=O) groups is 2. The molecule has 0 fully saturated rings. The van der Waals surface area contributed by atoms with E-state index in [9.17, 15) is 28.6 Å². The Balaban J connectivity index is 1.50. The number of carboxylic acids is 1. The standard InChI is InChI=1S/C30H21F2N3O4/c31-21-8-3-18(4-9-21)27-28(19-5-10-22(32)11-6-19)34-25-16-20(7-14-24(25)33-27)29(37)35-26(30(38)39)15-17-1-12-23(36)13-2-17/h1-14,16,26,36H,15H2,(H,35,37)(H,38,39). The van der Waals surface area contributed by atoms with Crippen LogP contribution < -0.4 is 5.32 Å². The van der Waals surface area contributed by atoms with Crippen LogP contribution in [0.4, 0.5) is 8.78 Å². The van der Waals surface area contributed by atoms with E-state index in [1.807, 2.05) is 0 Å². The number of hydrogen-bond acceptors (Lipinski definition) is 5. The van der Waals surface area contributed by atoms with Crippen molar-refractivity contribution in [3.63, 3.8) is 0 Å². The Morgan fingerprint density at radius 2 is 1.28 bits per heavy atom. The molecule has 0 radical (unpaired) electrons. The summed E-state index contributed by atoms with van der Waals surface area (Å²) < 4.78 is 27.2. The summed E-state index contributed by atoms with van der Waals surface area (Å²) >= 11 is 0. The lowest BCUT2D eigenvalue weighted by atomic mass is 10.0. The third kappa shape index (κ3) is 5.72. The molecule has 0 aliphatic rings. The van der Waals surface area contributed by atoms with Crippen LogP contribution in [0.5, 0.6) is 5.75 Å². The van der Waals surface area contributed by atoms with Crippen LogP contribution in [0.3, 0.4) is 0 Å². The van der Waals surface area contributed by atoms with Crippen LogP contribution in [0.25, 0.3) is 33.5 Å². The molecule has 0 aliphatic carbocycles. The molecule has 0 saturated heterocycles. The number of rotatable bonds is 7. The largest absolute Gasteiger partial charge is 0.508 e. The van der Waals surface area contributed by atoms with Crippen molar-refractivity contribution in [3.05, 3.63) is 114 Å². The predicted molar refractivity (Wildman–Crippen MR) is 141 cm³/mol. The number of phenolic OH excluding ortho intramolecular Hbond substituents is 1. The van der Waals surface area contributed by atoms with Crippen LogP contribution >= 0.6 is 0 Å². The van der Waals surface area contributed by atoms with Crippen LogP contribution in [-0.2, 0) is 11.2 Å². The second-order valence-corrected chi connectivity index (χ2v) is 8.87. The molecule has 5 aromatic rings. The summed E-state index contributed by atoms with van der Waals surface area (Å²) in [6.07, 6.45) is 0.0183. The first-order valence-corrected chi connectivity index (χ1v) is 11.9. The van der Waals surface area contributed by atoms with Gasteiger partial charge >= 0.3 is 5.97 Å². The number of aliphatic carboxylic acids is 1. The van der Waals surface area contributed by atoms with E-state index >= 15 is 0 Å². The topological polar surface area (TPSA) is 112 Å². The number of carboxylic acid groups (broad SMARTS) is 1. The number of aromatic nitrogens is 2. The number of benzene rings is 4. The highest BCUT2D eigenvalue weighted by atomic mass is 19.1. The molecule has 1 amide bonds. The van der Waals surface area contributed by atoms with Crippen LogP contribution in [0, 0.1) is 11.6 Å². The van der Waals surface area contributed by atoms with Crippen molar-refractivity contribution >= 4 is 22.9 Å². The van der Waals surface area contributed by atoms with Crippen LogP contribution in [0.15, 0.2) is 91.0 Å². The molecule has 4 aromatic carbocycles. The van der Waals surface area contributed by atoms with E-state index in [0.717, 1.165) is 0 Å². The summed E-state index contributed by atoms with van der Waals surface area (Å²) in [7, 11) is 0. The van der Waals surface area contributed by atoms with E-state index in [1.54, 1.807) is 42.5 Å². The van der Waals surface area contributed by atoms with Gasteiger partial charge in [-0.3, -0.25) is 4.79 Å². The van der Waals surface area contributed by atoms with Gasteiger partial charge in [0.15, 0.2) is 0 Å². The molecule has 194 valence electrons. The molecular formula is C30H21F2N3O4. The van der Waals surface area contributed by atoms with Gasteiger partial charge in [0, 0.05) is 23.1 Å². The Labute approximate surface area is 221 Å². The summed E-state index contributed by atoms with van der Waals surface area (Å²) in [5.41, 5.74) is 3.64. The fourth-order valence-electron chi connectivity index (χ4n) is 4.12. The van der Waals surface area contributed by atoms with Gasteiger partial charge in [-0.25, -0.2) is 23.5 Å². The number of nitrogens with zero attached hydrogens (tertiary/aromatic N) is 2. The molecule has 9 heteroatoms. The summed E-state index contributed by atoms with van der Waals surface area (Å²) in [4.78, 5) is 34.3. The molecule has 0 aliphatic heterocycles. The van der Waals surface area contributed by atoms with E-state index in [-0.39, 0.29) is 17.7 Å². The molecule has 1 heterocycles. The number of phenols is 1. The Kier molecular flexibility index (Phi) is 6.96. The van der Waals surface area contributed by atoms with Gasteiger partial charge in [0.1, 0.15) is 23.4 Å². The Morgan fingerprint density at radius 1 is 0.744 bits per heavy atom. The van der Waals surface area contributed by atoms with Crippen molar-refractivity contribution in [1.29, 1.82) is 0 Å². The second-order valence-electron chi connectivity index (χ2n) is 8.87. The fourth-order valence-corrected chi connectivity index (χ4v) is 4.12. The quantitative estimate of drug-likeness (QED) is 0.263. The second kappa shape index (κ2) is 10.7. The minimum atomic E-state index is -1.21. The van der Waals surface area contributed by atoms with Gasteiger partial charge < -0.3 is 15.5 Å². The van der Waals surface area contributed by atoms with Crippen molar-refractivity contribution < 1.29 is 28.6 Å². The molecule has 1 aromatic heterocycles. The van der Waals surface area contributed by atoms with Crippen molar-refractivity contribution in [3.8, 4) is 28.3 Å². The first-order valence-electron chi connectivity index (χ1n) is 11.9. The van der Waals surface area contributed by atoms with Crippen molar-refractivity contribution in [1.82, 2.24) is 15.3 Å². The minimum Gasteiger partial charge on any atom is -0.508 e. The average molecular weight is 526 g/mol. The monoisotopic (exact) mass is 525 g/mol. The maximum atomic E-state index is 13.6. The Bertz CT molecular complexity index is 1670. The van der Waals surface area contributed by atoms with Crippen LogP contribution in [0.2, 0.25) is 0 Å².